The summed E-state index contributed by atoms with van der Waals surface area (Å²) in [5, 5.41) is 12.1. The molecule has 3 aromatic rings. The van der Waals surface area contributed by atoms with Crippen LogP contribution in [0.15, 0.2) is 66.7 Å². The van der Waals surface area contributed by atoms with Gasteiger partial charge in [-0.1, -0.05) is 60.2 Å². The zero-order valence-electron chi connectivity index (χ0n) is 19.0. The van der Waals surface area contributed by atoms with Crippen LogP contribution in [0.5, 0.6) is 0 Å². The Morgan fingerprint density at radius 3 is 2.38 bits per heavy atom. The van der Waals surface area contributed by atoms with Gasteiger partial charge in [0, 0.05) is 30.6 Å². The maximum atomic E-state index is 12.7. The van der Waals surface area contributed by atoms with Crippen molar-refractivity contribution < 1.29 is 4.79 Å². The minimum Gasteiger partial charge on any atom is -0.355 e. The van der Waals surface area contributed by atoms with Gasteiger partial charge in [0.05, 0.1) is 5.69 Å². The van der Waals surface area contributed by atoms with Crippen molar-refractivity contribution in [1.29, 1.82) is 0 Å². The predicted molar refractivity (Wildman–Crippen MR) is 130 cm³/mol. The Morgan fingerprint density at radius 2 is 1.72 bits per heavy atom. The lowest BCUT2D eigenvalue weighted by Crippen LogP contribution is -2.43. The van der Waals surface area contributed by atoms with Gasteiger partial charge in [-0.05, 0) is 57.2 Å². The fourth-order valence-corrected chi connectivity index (χ4v) is 4.20. The van der Waals surface area contributed by atoms with E-state index in [1.54, 1.807) is 0 Å². The van der Waals surface area contributed by atoms with Crippen LogP contribution in [0.4, 0.5) is 5.82 Å². The van der Waals surface area contributed by atoms with E-state index in [1.165, 1.54) is 11.1 Å². The van der Waals surface area contributed by atoms with Crippen molar-refractivity contribution in [3.05, 3.63) is 77.9 Å². The molecule has 32 heavy (non-hydrogen) atoms. The van der Waals surface area contributed by atoms with Crippen molar-refractivity contribution in [2.45, 2.75) is 45.6 Å². The van der Waals surface area contributed by atoms with Gasteiger partial charge in [0.1, 0.15) is 0 Å². The molecule has 5 heteroatoms. The molecule has 0 radical (unpaired) electrons. The van der Waals surface area contributed by atoms with E-state index in [9.17, 15) is 4.79 Å². The number of aryl methyl sites for hydroxylation is 2. The second kappa shape index (κ2) is 10.4. The number of carbonyl (C=O) groups excluding carboxylic acids is 1. The zero-order chi connectivity index (χ0) is 22.3. The molecule has 1 unspecified atom stereocenters. The summed E-state index contributed by atoms with van der Waals surface area (Å²) in [6.07, 6.45) is 3.63. The average Bonchev–Trinajstić information content (AvgIpc) is 2.84. The summed E-state index contributed by atoms with van der Waals surface area (Å²) in [7, 11) is 0. The molecule has 166 valence electrons. The molecular formula is C27H32N4O. The van der Waals surface area contributed by atoms with Gasteiger partial charge in [0.25, 0.3) is 0 Å². The maximum absolute atomic E-state index is 12.7. The van der Waals surface area contributed by atoms with Crippen molar-refractivity contribution in [3.63, 3.8) is 0 Å². The van der Waals surface area contributed by atoms with E-state index >= 15 is 0 Å². The first kappa shape index (κ1) is 22.0. The summed E-state index contributed by atoms with van der Waals surface area (Å²) < 4.78 is 0. The van der Waals surface area contributed by atoms with E-state index in [0.29, 0.717) is 0 Å². The van der Waals surface area contributed by atoms with E-state index in [1.807, 2.05) is 18.2 Å². The Balaban J connectivity index is 1.24. The molecule has 0 saturated carbocycles. The van der Waals surface area contributed by atoms with Gasteiger partial charge in [-0.2, -0.15) is 0 Å². The number of hydrogen-bond acceptors (Lipinski definition) is 4. The highest BCUT2D eigenvalue weighted by atomic mass is 16.1. The first-order chi connectivity index (χ1) is 15.6. The third kappa shape index (κ3) is 5.72. The lowest BCUT2D eigenvalue weighted by atomic mass is 9.95. The van der Waals surface area contributed by atoms with Crippen molar-refractivity contribution >= 4 is 11.7 Å². The number of rotatable bonds is 7. The molecule has 5 nitrogen and oxygen atoms in total. The summed E-state index contributed by atoms with van der Waals surface area (Å²) in [4.78, 5) is 15.0. The lowest BCUT2D eigenvalue weighted by Gasteiger charge is -2.32. The van der Waals surface area contributed by atoms with Crippen LogP contribution in [0.3, 0.4) is 0 Å². The van der Waals surface area contributed by atoms with E-state index in [4.69, 9.17) is 0 Å². The number of aromatic nitrogens is 2. The predicted octanol–water partition coefficient (Wildman–Crippen LogP) is 4.81. The van der Waals surface area contributed by atoms with E-state index in [2.05, 4.69) is 82.8 Å². The van der Waals surface area contributed by atoms with Crippen LogP contribution in [0, 0.1) is 12.8 Å². The van der Waals surface area contributed by atoms with Crippen molar-refractivity contribution in [3.8, 4) is 11.3 Å². The van der Waals surface area contributed by atoms with Gasteiger partial charge in [0.2, 0.25) is 5.91 Å². The number of benzene rings is 2. The van der Waals surface area contributed by atoms with E-state index in [-0.39, 0.29) is 17.9 Å². The third-order valence-electron chi connectivity index (χ3n) is 6.29. The molecule has 4 rings (SSSR count). The Kier molecular flexibility index (Phi) is 7.15. The fraction of sp³-hybridized carbons (Fsp3) is 0.370. The fourth-order valence-electron chi connectivity index (χ4n) is 4.20. The number of nitrogens with zero attached hydrogens (tertiary/aromatic N) is 3. The number of carbonyl (C=O) groups is 1. The molecule has 1 saturated heterocycles. The highest BCUT2D eigenvalue weighted by molar-refractivity contribution is 5.79. The molecule has 1 N–H and O–H groups in total. The van der Waals surface area contributed by atoms with Gasteiger partial charge in [-0.3, -0.25) is 4.79 Å². The molecule has 1 atom stereocenters. The van der Waals surface area contributed by atoms with E-state index < -0.39 is 0 Å². The highest BCUT2D eigenvalue weighted by Gasteiger charge is 2.26. The van der Waals surface area contributed by atoms with Crippen molar-refractivity contribution in [2.75, 3.05) is 18.0 Å². The zero-order valence-corrected chi connectivity index (χ0v) is 19.0. The molecule has 1 aliphatic rings. The van der Waals surface area contributed by atoms with Crippen LogP contribution < -0.4 is 10.2 Å². The Bertz CT molecular complexity index is 994. The summed E-state index contributed by atoms with van der Waals surface area (Å²) in [5.74, 6) is 1.15. The minimum atomic E-state index is 0.0743. The second-order valence-electron chi connectivity index (χ2n) is 8.84. The second-order valence-corrected chi connectivity index (χ2v) is 8.84. The number of piperidine rings is 1. The summed E-state index contributed by atoms with van der Waals surface area (Å²) in [6.45, 7) is 5.83. The summed E-state index contributed by atoms with van der Waals surface area (Å²) in [5.41, 5.74) is 4.51. The van der Waals surface area contributed by atoms with Gasteiger partial charge >= 0.3 is 0 Å². The topological polar surface area (TPSA) is 58.1 Å². The minimum absolute atomic E-state index is 0.0743. The monoisotopic (exact) mass is 428 g/mol. The lowest BCUT2D eigenvalue weighted by molar-refractivity contribution is -0.126. The SMILES string of the molecule is Cc1ccc(-c2ccc(N3CCC(C(=O)NC(C)CCc4ccccc4)CC3)nn2)cc1. The third-order valence-corrected chi connectivity index (χ3v) is 6.29. The first-order valence-corrected chi connectivity index (χ1v) is 11.6. The molecule has 2 aromatic carbocycles. The highest BCUT2D eigenvalue weighted by Crippen LogP contribution is 2.24. The summed E-state index contributed by atoms with van der Waals surface area (Å²) in [6, 6.07) is 23.0. The van der Waals surface area contributed by atoms with Crippen molar-refractivity contribution in [2.24, 2.45) is 5.92 Å². The molecule has 0 bridgehead atoms. The largest absolute Gasteiger partial charge is 0.355 e. The Morgan fingerprint density at radius 1 is 1.00 bits per heavy atom. The molecular weight excluding hydrogens is 396 g/mol. The number of anilines is 1. The normalized spacial score (nSPS) is 15.4. The standard InChI is InChI=1S/C27H32N4O/c1-20-8-12-23(13-9-20)25-14-15-26(30-29-25)31-18-16-24(17-19-31)27(32)28-21(2)10-11-22-6-4-3-5-7-22/h3-9,12-15,21,24H,10-11,16-19H2,1-2H3,(H,28,32). The molecule has 2 heterocycles. The molecule has 0 aliphatic carbocycles. The quantitative estimate of drug-likeness (QED) is 0.587. The smallest absolute Gasteiger partial charge is 0.223 e. The summed E-state index contributed by atoms with van der Waals surface area (Å²) >= 11 is 0. The average molecular weight is 429 g/mol. The van der Waals surface area contributed by atoms with E-state index in [0.717, 1.165) is 55.8 Å². The molecule has 1 amide bonds. The van der Waals surface area contributed by atoms with Crippen LogP contribution in [0.2, 0.25) is 0 Å². The Hall–Kier alpha value is -3.21. The van der Waals surface area contributed by atoms with Crippen LogP contribution in [-0.2, 0) is 11.2 Å². The maximum Gasteiger partial charge on any atom is 0.223 e. The van der Waals surface area contributed by atoms with Crippen LogP contribution >= 0.6 is 0 Å². The van der Waals surface area contributed by atoms with Crippen LogP contribution in [-0.4, -0.2) is 35.2 Å². The molecule has 1 aliphatic heterocycles. The molecule has 0 spiro atoms. The van der Waals surface area contributed by atoms with Crippen molar-refractivity contribution in [1.82, 2.24) is 15.5 Å². The number of hydrogen-bond donors (Lipinski definition) is 1. The van der Waals surface area contributed by atoms with Gasteiger partial charge in [-0.25, -0.2) is 0 Å². The van der Waals surface area contributed by atoms with Crippen LogP contribution in [0.1, 0.15) is 37.3 Å². The van der Waals surface area contributed by atoms with Gasteiger partial charge in [-0.15, -0.1) is 10.2 Å². The number of nitrogens with one attached hydrogen (secondary N) is 1. The number of amides is 1. The molecule has 1 aromatic heterocycles. The van der Waals surface area contributed by atoms with Crippen LogP contribution in [0.25, 0.3) is 11.3 Å². The molecule has 1 fully saturated rings. The first-order valence-electron chi connectivity index (χ1n) is 11.6. The van der Waals surface area contributed by atoms with Gasteiger partial charge in [0.15, 0.2) is 5.82 Å². The van der Waals surface area contributed by atoms with Gasteiger partial charge < -0.3 is 10.2 Å². The Labute approximate surface area is 190 Å².